The molecule has 2 aromatic rings. The minimum absolute atomic E-state index is 0.0404. The van der Waals surface area contributed by atoms with Gasteiger partial charge in [0.05, 0.1) is 47.5 Å². The molecule has 0 spiro atoms. The van der Waals surface area contributed by atoms with E-state index in [9.17, 15) is 23.1 Å². The third kappa shape index (κ3) is 9.86. The number of aliphatic hydroxyl groups excluding tert-OH is 1. The molecule has 0 saturated carbocycles. The van der Waals surface area contributed by atoms with Crippen LogP contribution >= 0.6 is 0 Å². The lowest BCUT2D eigenvalue weighted by atomic mass is 10.0. The largest absolute Gasteiger partial charge is 0.443 e. The van der Waals surface area contributed by atoms with Crippen molar-refractivity contribution in [3.05, 3.63) is 54.1 Å². The highest BCUT2D eigenvalue weighted by Gasteiger charge is 2.44. The number of hydrogen-bond donors (Lipinski definition) is 4. The summed E-state index contributed by atoms with van der Waals surface area (Å²) in [4.78, 5) is 28.9. The van der Waals surface area contributed by atoms with E-state index >= 15 is 0 Å². The van der Waals surface area contributed by atoms with Crippen molar-refractivity contribution >= 4 is 33.4 Å². The van der Waals surface area contributed by atoms with Crippen LogP contribution in [0.4, 0.5) is 16.2 Å². The Bertz CT molecular complexity index is 1540. The summed E-state index contributed by atoms with van der Waals surface area (Å²) in [6.07, 6.45) is -1.86. The number of nitrogen functional groups attached to an aromatic ring is 1. The number of carbonyl (C=O) groups excluding carboxylic acids is 2. The van der Waals surface area contributed by atoms with Gasteiger partial charge in [-0.2, -0.15) is 4.31 Å². The number of rotatable bonds is 15. The second-order valence-corrected chi connectivity index (χ2v) is 15.7. The molecule has 3 fully saturated rings. The summed E-state index contributed by atoms with van der Waals surface area (Å²) < 4.78 is 46.5. The summed E-state index contributed by atoms with van der Waals surface area (Å²) in [7, 11) is -4.10. The smallest absolute Gasteiger partial charge is 0.407 e. The van der Waals surface area contributed by atoms with Crippen LogP contribution in [-0.2, 0) is 35.4 Å². The first kappa shape index (κ1) is 37.8. The van der Waals surface area contributed by atoms with Gasteiger partial charge in [-0.1, -0.05) is 44.2 Å². The van der Waals surface area contributed by atoms with Crippen LogP contribution in [0.1, 0.15) is 32.8 Å². The Morgan fingerprint density at radius 3 is 2.52 bits per heavy atom. The molecule has 0 unspecified atom stereocenters. The van der Waals surface area contributed by atoms with Gasteiger partial charge in [0.1, 0.15) is 6.10 Å². The van der Waals surface area contributed by atoms with Gasteiger partial charge in [-0.3, -0.25) is 9.69 Å². The van der Waals surface area contributed by atoms with Crippen molar-refractivity contribution in [3.63, 3.8) is 0 Å². The summed E-state index contributed by atoms with van der Waals surface area (Å²) in [6, 6.07) is 13.1. The highest BCUT2D eigenvalue weighted by molar-refractivity contribution is 7.89. The number of sulfonamides is 1. The third-order valence-electron chi connectivity index (χ3n) is 9.49. The highest BCUT2D eigenvalue weighted by Crippen LogP contribution is 2.33. The van der Waals surface area contributed by atoms with Crippen LogP contribution in [0.3, 0.4) is 0 Å². The molecule has 0 radical (unpaired) electrons. The van der Waals surface area contributed by atoms with Crippen molar-refractivity contribution in [2.24, 2.45) is 11.8 Å². The Balaban J connectivity index is 1.27. The van der Waals surface area contributed by atoms with E-state index in [1.54, 1.807) is 13.0 Å². The zero-order valence-electron chi connectivity index (χ0n) is 29.2. The molecule has 3 heterocycles. The van der Waals surface area contributed by atoms with Gasteiger partial charge in [0.25, 0.3) is 0 Å². The molecule has 2 aromatic carbocycles. The Labute approximate surface area is 295 Å². The molecule has 3 aliphatic rings. The molecule has 5 atom stereocenters. The zero-order chi connectivity index (χ0) is 35.8. The molecule has 14 nitrogen and oxygen atoms in total. The van der Waals surface area contributed by atoms with Gasteiger partial charge in [-0.15, -0.1) is 0 Å². The molecule has 0 aliphatic carbocycles. The summed E-state index contributed by atoms with van der Waals surface area (Å²) in [5.74, 6) is -0.0281. The number of hydrogen-bond acceptors (Lipinski definition) is 11. The maximum Gasteiger partial charge on any atom is 0.407 e. The fraction of sp³-hybridized carbons (Fsp3) is 0.600. The number of anilines is 2. The molecule has 15 heteroatoms. The van der Waals surface area contributed by atoms with Crippen LogP contribution in [-0.4, -0.2) is 130 Å². The molecule has 276 valence electrons. The summed E-state index contributed by atoms with van der Waals surface area (Å²) >= 11 is 0. The number of fused-ring (bicyclic) bond motifs is 1. The molecular weight excluding hydrogens is 664 g/mol. The molecular formula is C35H52N6O8S. The van der Waals surface area contributed by atoms with Gasteiger partial charge < -0.3 is 40.6 Å². The highest BCUT2D eigenvalue weighted by atomic mass is 32.2. The van der Waals surface area contributed by atoms with Crippen LogP contribution in [0, 0.1) is 11.8 Å². The quantitative estimate of drug-likeness (QED) is 0.198. The van der Waals surface area contributed by atoms with Gasteiger partial charge in [0.2, 0.25) is 15.9 Å². The Morgan fingerprint density at radius 1 is 1.08 bits per heavy atom. The van der Waals surface area contributed by atoms with Crippen LogP contribution in [0.25, 0.3) is 0 Å². The first-order valence-electron chi connectivity index (χ1n) is 17.4. The maximum atomic E-state index is 14.2. The Morgan fingerprint density at radius 2 is 1.82 bits per heavy atom. The zero-order valence-corrected chi connectivity index (χ0v) is 30.0. The first-order chi connectivity index (χ1) is 23.9. The maximum absolute atomic E-state index is 14.2. The Kier molecular flexibility index (Phi) is 13.0. The molecule has 5 N–H and O–H groups in total. The third-order valence-corrected chi connectivity index (χ3v) is 11.3. The van der Waals surface area contributed by atoms with Gasteiger partial charge >= 0.3 is 6.09 Å². The number of ether oxygens (including phenoxy) is 3. The number of aliphatic hydroxyl groups is 1. The number of alkyl carbamates (subject to hydrolysis) is 1. The van der Waals surface area contributed by atoms with Crippen LogP contribution in [0.2, 0.25) is 0 Å². The minimum Gasteiger partial charge on any atom is -0.443 e. The van der Waals surface area contributed by atoms with Gasteiger partial charge in [0, 0.05) is 59.3 Å². The van der Waals surface area contributed by atoms with Crippen molar-refractivity contribution in [2.45, 2.75) is 63.0 Å². The van der Waals surface area contributed by atoms with Gasteiger partial charge in [0.15, 0.2) is 6.29 Å². The number of carbonyl (C=O) groups is 2. The van der Waals surface area contributed by atoms with Crippen LogP contribution < -0.4 is 16.4 Å². The summed E-state index contributed by atoms with van der Waals surface area (Å²) in [5.41, 5.74) is 8.02. The SMILES string of the molecule is CC(=O)N1CCN(CCNc2cc(S(=O)(=O)N(CC(C)C)C[C@@H](O)[C@H](Cc3ccccc3)NC(=O)O[C@H]3CO[C@H]4OCC[C@H]43)ccc2N)CC1. The molecule has 0 bridgehead atoms. The number of nitrogens with one attached hydrogen (secondary N) is 2. The predicted molar refractivity (Wildman–Crippen MR) is 189 cm³/mol. The predicted octanol–water partition coefficient (Wildman–Crippen LogP) is 1.95. The topological polar surface area (TPSA) is 176 Å². The summed E-state index contributed by atoms with van der Waals surface area (Å²) in [6.45, 7) is 10.2. The summed E-state index contributed by atoms with van der Waals surface area (Å²) in [5, 5.41) is 17.7. The molecule has 50 heavy (non-hydrogen) atoms. The number of nitrogens with zero attached hydrogens (tertiary/aromatic N) is 3. The standard InChI is InChI=1S/C35H52N6O8S/c1-24(2)21-41(50(45,46)27-9-10-29(36)30(20-27)37-12-13-39-14-16-40(17-15-39)25(3)42)22-32(43)31(19-26-7-5-4-6-8-26)38-35(44)49-33-23-48-34-28(33)11-18-47-34/h4-10,20,24,28,31-34,37,43H,11-19,21-23,36H2,1-3H3,(H,38,44)/t28-,31-,32+,33-,34+/m0/s1. The van der Waals surface area contributed by atoms with E-state index < -0.39 is 34.4 Å². The molecule has 3 saturated heterocycles. The fourth-order valence-corrected chi connectivity index (χ4v) is 8.32. The lowest BCUT2D eigenvalue weighted by molar-refractivity contribution is -0.130. The van der Waals surface area contributed by atoms with Crippen molar-refractivity contribution in [2.75, 3.05) is 76.6 Å². The average molecular weight is 717 g/mol. The fourth-order valence-electron chi connectivity index (χ4n) is 6.67. The van der Waals surface area contributed by atoms with Crippen molar-refractivity contribution < 1.29 is 37.3 Å². The van der Waals surface area contributed by atoms with Crippen LogP contribution in [0.5, 0.6) is 0 Å². The van der Waals surface area contributed by atoms with Crippen LogP contribution in [0.15, 0.2) is 53.4 Å². The Hall–Kier alpha value is -3.47. The van der Waals surface area contributed by atoms with E-state index in [-0.39, 0.29) is 55.0 Å². The molecule has 3 aliphatic heterocycles. The lowest BCUT2D eigenvalue weighted by Gasteiger charge is -2.34. The van der Waals surface area contributed by atoms with Gasteiger partial charge in [-0.05, 0) is 42.5 Å². The molecule has 0 aromatic heterocycles. The van der Waals surface area contributed by atoms with Crippen molar-refractivity contribution in [1.82, 2.24) is 19.4 Å². The second kappa shape index (κ2) is 17.2. The van der Waals surface area contributed by atoms with E-state index in [1.807, 2.05) is 49.1 Å². The number of nitrogens with two attached hydrogens (primary N) is 1. The lowest BCUT2D eigenvalue weighted by Crippen LogP contribution is -2.51. The van der Waals surface area contributed by atoms with E-state index in [2.05, 4.69) is 15.5 Å². The van der Waals surface area contributed by atoms with Crippen molar-refractivity contribution in [3.8, 4) is 0 Å². The number of benzene rings is 2. The molecule has 2 amide bonds. The number of amides is 2. The average Bonchev–Trinajstić information content (AvgIpc) is 3.70. The van der Waals surface area contributed by atoms with E-state index in [1.165, 1.54) is 16.4 Å². The monoisotopic (exact) mass is 716 g/mol. The van der Waals surface area contributed by atoms with E-state index in [0.29, 0.717) is 44.2 Å². The number of piperazine rings is 1. The van der Waals surface area contributed by atoms with E-state index in [4.69, 9.17) is 19.9 Å². The second-order valence-electron chi connectivity index (χ2n) is 13.7. The first-order valence-corrected chi connectivity index (χ1v) is 18.9. The normalized spacial score (nSPS) is 22.4. The minimum atomic E-state index is -4.10. The van der Waals surface area contributed by atoms with E-state index in [0.717, 1.165) is 25.1 Å². The van der Waals surface area contributed by atoms with Crippen molar-refractivity contribution in [1.29, 1.82) is 0 Å². The van der Waals surface area contributed by atoms with Gasteiger partial charge in [-0.25, -0.2) is 13.2 Å². The molecule has 5 rings (SSSR count).